The molecule has 6 heteroatoms. The highest BCUT2D eigenvalue weighted by atomic mass is 19.1. The first-order chi connectivity index (χ1) is 10.1. The fourth-order valence-electron chi connectivity index (χ4n) is 1.89. The van der Waals surface area contributed by atoms with Gasteiger partial charge in [-0.05, 0) is 17.7 Å². The van der Waals surface area contributed by atoms with Gasteiger partial charge in [0.25, 0.3) is 0 Å². The maximum Gasteiger partial charge on any atom is 0.337 e. The van der Waals surface area contributed by atoms with Crippen molar-refractivity contribution >= 4 is 12.3 Å². The summed E-state index contributed by atoms with van der Waals surface area (Å²) in [6, 6.07) is 5.67. The number of esters is 1. The smallest absolute Gasteiger partial charge is 0.337 e. The summed E-state index contributed by atoms with van der Waals surface area (Å²) in [7, 11) is 2.65. The predicted octanol–water partition coefficient (Wildman–Crippen LogP) is 2.50. The standard InChI is InChI=1S/C15H12FNO4/c1-20-14-6-12(13(16)7-17-14)11-4-3-9(15(19)21-2)5-10(11)8-18/h3-8H,1-2H3. The van der Waals surface area contributed by atoms with Crippen molar-refractivity contribution in [1.29, 1.82) is 0 Å². The van der Waals surface area contributed by atoms with Crippen LogP contribution in [0.15, 0.2) is 30.5 Å². The van der Waals surface area contributed by atoms with E-state index in [1.165, 1.54) is 38.5 Å². The fraction of sp³-hybridized carbons (Fsp3) is 0.133. The zero-order chi connectivity index (χ0) is 15.4. The van der Waals surface area contributed by atoms with Gasteiger partial charge in [0.2, 0.25) is 5.88 Å². The van der Waals surface area contributed by atoms with Crippen LogP contribution in [0.2, 0.25) is 0 Å². The topological polar surface area (TPSA) is 65.5 Å². The first kappa shape index (κ1) is 14.6. The van der Waals surface area contributed by atoms with Crippen LogP contribution in [0, 0.1) is 5.82 Å². The Kier molecular flexibility index (Phi) is 4.27. The number of rotatable bonds is 4. The number of carbonyl (C=O) groups is 2. The van der Waals surface area contributed by atoms with Crippen molar-refractivity contribution in [3.8, 4) is 17.0 Å². The second-order valence-electron chi connectivity index (χ2n) is 4.12. The van der Waals surface area contributed by atoms with Gasteiger partial charge >= 0.3 is 5.97 Å². The average Bonchev–Trinajstić information content (AvgIpc) is 2.54. The molecule has 5 nitrogen and oxygen atoms in total. The Morgan fingerprint density at radius 2 is 2.00 bits per heavy atom. The van der Waals surface area contributed by atoms with Crippen molar-refractivity contribution in [2.75, 3.05) is 14.2 Å². The van der Waals surface area contributed by atoms with Gasteiger partial charge in [-0.1, -0.05) is 6.07 Å². The average molecular weight is 289 g/mol. The lowest BCUT2D eigenvalue weighted by Gasteiger charge is -2.09. The van der Waals surface area contributed by atoms with E-state index in [1.807, 2.05) is 0 Å². The van der Waals surface area contributed by atoms with Gasteiger partial charge in [-0.2, -0.15) is 0 Å². The largest absolute Gasteiger partial charge is 0.481 e. The summed E-state index contributed by atoms with van der Waals surface area (Å²) in [4.78, 5) is 26.4. The number of benzene rings is 1. The Morgan fingerprint density at radius 3 is 2.62 bits per heavy atom. The Labute approximate surface area is 120 Å². The molecular formula is C15H12FNO4. The van der Waals surface area contributed by atoms with Crippen LogP contribution in [0.1, 0.15) is 20.7 Å². The van der Waals surface area contributed by atoms with Crippen LogP contribution >= 0.6 is 0 Å². The fourth-order valence-corrected chi connectivity index (χ4v) is 1.89. The highest BCUT2D eigenvalue weighted by molar-refractivity contribution is 5.95. The van der Waals surface area contributed by atoms with Crippen LogP contribution in [0.5, 0.6) is 5.88 Å². The van der Waals surface area contributed by atoms with Gasteiger partial charge < -0.3 is 9.47 Å². The summed E-state index contributed by atoms with van der Waals surface area (Å²) in [5.74, 6) is -0.942. The predicted molar refractivity (Wildman–Crippen MR) is 72.9 cm³/mol. The number of methoxy groups -OCH3 is 2. The maximum absolute atomic E-state index is 13.9. The van der Waals surface area contributed by atoms with Crippen molar-refractivity contribution in [1.82, 2.24) is 4.98 Å². The molecule has 0 unspecified atom stereocenters. The first-order valence-corrected chi connectivity index (χ1v) is 5.98. The molecule has 0 spiro atoms. The number of hydrogen-bond donors (Lipinski definition) is 0. The normalized spacial score (nSPS) is 10.0. The molecule has 0 amide bonds. The van der Waals surface area contributed by atoms with Gasteiger partial charge in [0, 0.05) is 17.2 Å². The van der Waals surface area contributed by atoms with Crippen molar-refractivity contribution in [3.63, 3.8) is 0 Å². The molecular weight excluding hydrogens is 277 g/mol. The van der Waals surface area contributed by atoms with Crippen LogP contribution in [0.25, 0.3) is 11.1 Å². The van der Waals surface area contributed by atoms with Gasteiger partial charge in [-0.25, -0.2) is 14.2 Å². The number of ether oxygens (including phenoxy) is 2. The number of hydrogen-bond acceptors (Lipinski definition) is 5. The molecule has 0 aliphatic carbocycles. The van der Waals surface area contributed by atoms with Crippen LogP contribution in [0.4, 0.5) is 4.39 Å². The second-order valence-corrected chi connectivity index (χ2v) is 4.12. The number of aromatic nitrogens is 1. The summed E-state index contributed by atoms with van der Waals surface area (Å²) < 4.78 is 23.4. The molecule has 0 saturated heterocycles. The summed E-state index contributed by atoms with van der Waals surface area (Å²) in [6.45, 7) is 0. The molecule has 2 aromatic rings. The van der Waals surface area contributed by atoms with Crippen LogP contribution in [-0.4, -0.2) is 31.5 Å². The SMILES string of the molecule is COC(=O)c1ccc(-c2cc(OC)ncc2F)c(C=O)c1. The third-order valence-corrected chi connectivity index (χ3v) is 2.93. The molecule has 21 heavy (non-hydrogen) atoms. The molecule has 0 bridgehead atoms. The summed E-state index contributed by atoms with van der Waals surface area (Å²) in [5.41, 5.74) is 0.894. The van der Waals surface area contributed by atoms with Crippen LogP contribution in [-0.2, 0) is 4.74 Å². The number of pyridine rings is 1. The van der Waals surface area contributed by atoms with Gasteiger partial charge in [-0.3, -0.25) is 4.79 Å². The molecule has 0 fully saturated rings. The Hall–Kier alpha value is -2.76. The molecule has 1 heterocycles. The van der Waals surface area contributed by atoms with E-state index in [4.69, 9.17) is 4.74 Å². The lowest BCUT2D eigenvalue weighted by molar-refractivity contribution is 0.0600. The monoisotopic (exact) mass is 289 g/mol. The molecule has 0 N–H and O–H groups in total. The molecule has 0 aliphatic rings. The van der Waals surface area contributed by atoms with Gasteiger partial charge in [-0.15, -0.1) is 0 Å². The van der Waals surface area contributed by atoms with E-state index >= 15 is 0 Å². The molecule has 1 aromatic carbocycles. The lowest BCUT2D eigenvalue weighted by Crippen LogP contribution is -2.03. The van der Waals surface area contributed by atoms with Gasteiger partial charge in [0.15, 0.2) is 6.29 Å². The number of carbonyl (C=O) groups excluding carboxylic acids is 2. The summed E-state index contributed by atoms with van der Waals surface area (Å²) >= 11 is 0. The van der Waals surface area contributed by atoms with Crippen molar-refractivity contribution in [3.05, 3.63) is 47.4 Å². The van der Waals surface area contributed by atoms with Crippen molar-refractivity contribution in [2.45, 2.75) is 0 Å². The Morgan fingerprint density at radius 1 is 1.24 bits per heavy atom. The minimum atomic E-state index is -0.593. The zero-order valence-corrected chi connectivity index (χ0v) is 11.4. The van der Waals surface area contributed by atoms with E-state index < -0.39 is 11.8 Å². The van der Waals surface area contributed by atoms with Crippen molar-refractivity contribution < 1.29 is 23.5 Å². The third kappa shape index (κ3) is 2.89. The van der Waals surface area contributed by atoms with Crippen LogP contribution < -0.4 is 4.74 Å². The quantitative estimate of drug-likeness (QED) is 0.639. The summed E-state index contributed by atoms with van der Waals surface area (Å²) in [6.07, 6.45) is 1.56. The molecule has 2 rings (SSSR count). The molecule has 1 aromatic heterocycles. The highest BCUT2D eigenvalue weighted by Gasteiger charge is 2.14. The Balaban J connectivity index is 2.59. The molecule has 0 atom stereocenters. The summed E-state index contributed by atoms with van der Waals surface area (Å²) in [5, 5.41) is 0. The number of aldehydes is 1. The molecule has 108 valence electrons. The third-order valence-electron chi connectivity index (χ3n) is 2.93. The number of nitrogens with zero attached hydrogens (tertiary/aromatic N) is 1. The van der Waals surface area contributed by atoms with E-state index in [2.05, 4.69) is 9.72 Å². The van der Waals surface area contributed by atoms with Gasteiger partial charge in [0.1, 0.15) is 5.82 Å². The number of halogens is 1. The molecule has 0 radical (unpaired) electrons. The van der Waals surface area contributed by atoms with E-state index in [9.17, 15) is 14.0 Å². The van der Waals surface area contributed by atoms with Gasteiger partial charge in [0.05, 0.1) is 26.0 Å². The lowest BCUT2D eigenvalue weighted by atomic mass is 9.98. The first-order valence-electron chi connectivity index (χ1n) is 5.98. The minimum Gasteiger partial charge on any atom is -0.481 e. The van der Waals surface area contributed by atoms with Crippen molar-refractivity contribution in [2.24, 2.45) is 0 Å². The van der Waals surface area contributed by atoms with E-state index in [0.29, 0.717) is 11.8 Å². The Bertz CT molecular complexity index is 700. The molecule has 0 saturated carbocycles. The van der Waals surface area contributed by atoms with Crippen LogP contribution in [0.3, 0.4) is 0 Å². The zero-order valence-electron chi connectivity index (χ0n) is 11.4. The second kappa shape index (κ2) is 6.13. The minimum absolute atomic E-state index is 0.167. The van der Waals surface area contributed by atoms with E-state index in [1.54, 1.807) is 0 Å². The maximum atomic E-state index is 13.9. The highest BCUT2D eigenvalue weighted by Crippen LogP contribution is 2.28. The van der Waals surface area contributed by atoms with E-state index in [0.717, 1.165) is 6.20 Å². The molecule has 0 aliphatic heterocycles. The van der Waals surface area contributed by atoms with E-state index in [-0.39, 0.29) is 22.6 Å².